The molecule has 8 nitrogen and oxygen atoms in total. The quantitative estimate of drug-likeness (QED) is 0.142. The molecule has 0 saturated carbocycles. The Hall–Kier alpha value is -8.36. The fourth-order valence-corrected chi connectivity index (χ4v) is 7.53. The second kappa shape index (κ2) is 16.7. The van der Waals surface area contributed by atoms with E-state index in [-0.39, 0.29) is 0 Å². The van der Waals surface area contributed by atoms with E-state index in [1.807, 2.05) is 141 Å². The predicted octanol–water partition coefficient (Wildman–Crippen LogP) is 12.5. The Kier molecular flexibility index (Phi) is 10.2. The van der Waals surface area contributed by atoms with E-state index in [4.69, 9.17) is 34.9 Å². The summed E-state index contributed by atoms with van der Waals surface area (Å²) in [7, 11) is 0. The molecule has 0 N–H and O–H groups in total. The summed E-state index contributed by atoms with van der Waals surface area (Å²) in [5.74, 6) is 4.45. The first kappa shape index (κ1) is 37.9. The summed E-state index contributed by atoms with van der Waals surface area (Å²) in [4.78, 5) is 39.0. The van der Waals surface area contributed by atoms with Gasteiger partial charge in [0.25, 0.3) is 0 Å². The van der Waals surface area contributed by atoms with Gasteiger partial charge in [-0.1, -0.05) is 182 Å². The Labute approximate surface area is 359 Å². The minimum Gasteiger partial charge on any atom is -0.239 e. The van der Waals surface area contributed by atoms with Gasteiger partial charge in [-0.2, -0.15) is 0 Å². The van der Waals surface area contributed by atoms with E-state index in [1.54, 1.807) is 0 Å². The van der Waals surface area contributed by atoms with Gasteiger partial charge < -0.3 is 0 Å². The maximum Gasteiger partial charge on any atom is 0.164 e. The first-order valence-electron chi connectivity index (χ1n) is 20.4. The van der Waals surface area contributed by atoms with Crippen molar-refractivity contribution in [1.29, 1.82) is 0 Å². The zero-order valence-electron chi connectivity index (χ0n) is 34.1. The summed E-state index contributed by atoms with van der Waals surface area (Å²) in [6.45, 7) is 3.94. The normalized spacial score (nSPS) is 11.1. The SMILES string of the molecule is Cc1cc(-c2cc(-c3ccc(-c4nc(-c5ccccc5)nc(-c5ccccc5)n4)cc3)ccc2-c2ccc(-c3nc(-c4ccccc4)nc(-c4ccccc4)n3)cc2)nc(C)n1. The third kappa shape index (κ3) is 8.00. The number of benzene rings is 7. The standard InChI is InChI=1S/C54H38N8/c1-35-33-48(56-36(2)55-35)47-34-45(37-23-27-43(28-24-37)53-59-49(39-15-7-3-8-16-39)57-50(60-53)40-17-9-4-10-18-40)31-32-46(47)38-25-29-44(30-26-38)54-61-51(41-19-11-5-12-20-41)58-52(62-54)42-21-13-6-14-22-42/h3-34H,1-2H3. The molecule has 3 aromatic heterocycles. The van der Waals surface area contributed by atoms with Crippen LogP contribution in [0.25, 0.3) is 102 Å². The van der Waals surface area contributed by atoms with Gasteiger partial charge in [0.15, 0.2) is 34.9 Å². The predicted molar refractivity (Wildman–Crippen MR) is 247 cm³/mol. The van der Waals surface area contributed by atoms with Crippen LogP contribution in [0.3, 0.4) is 0 Å². The highest BCUT2D eigenvalue weighted by Crippen LogP contribution is 2.37. The van der Waals surface area contributed by atoms with Crippen LogP contribution in [-0.2, 0) is 0 Å². The monoisotopic (exact) mass is 798 g/mol. The van der Waals surface area contributed by atoms with Crippen molar-refractivity contribution in [3.05, 3.63) is 206 Å². The van der Waals surface area contributed by atoms with E-state index < -0.39 is 0 Å². The molecule has 0 radical (unpaired) electrons. The van der Waals surface area contributed by atoms with Crippen LogP contribution in [-0.4, -0.2) is 39.9 Å². The highest BCUT2D eigenvalue weighted by molar-refractivity contribution is 5.87. The molecule has 0 amide bonds. The van der Waals surface area contributed by atoms with Crippen molar-refractivity contribution in [1.82, 2.24) is 39.9 Å². The minimum absolute atomic E-state index is 0.607. The van der Waals surface area contributed by atoms with Gasteiger partial charge in [0.1, 0.15) is 5.82 Å². The van der Waals surface area contributed by atoms with Crippen LogP contribution in [0.4, 0.5) is 0 Å². The maximum atomic E-state index is 4.94. The van der Waals surface area contributed by atoms with Crippen LogP contribution in [0, 0.1) is 13.8 Å². The summed E-state index contributed by atoms with van der Waals surface area (Å²) < 4.78 is 0. The molecule has 0 spiro atoms. The van der Waals surface area contributed by atoms with E-state index in [1.165, 1.54) is 0 Å². The number of nitrogens with zero attached hydrogens (tertiary/aromatic N) is 8. The van der Waals surface area contributed by atoms with Gasteiger partial charge in [-0.05, 0) is 48.2 Å². The van der Waals surface area contributed by atoms with Crippen LogP contribution < -0.4 is 0 Å². The lowest BCUT2D eigenvalue weighted by molar-refractivity contribution is 1.02. The first-order chi connectivity index (χ1) is 30.5. The highest BCUT2D eigenvalue weighted by Gasteiger charge is 2.17. The Morgan fingerprint density at radius 1 is 0.242 bits per heavy atom. The molecule has 0 atom stereocenters. The Bertz CT molecular complexity index is 3020. The topological polar surface area (TPSA) is 103 Å². The summed E-state index contributed by atoms with van der Waals surface area (Å²) in [6, 6.07) is 65.5. The molecule has 0 unspecified atom stereocenters. The van der Waals surface area contributed by atoms with Crippen LogP contribution in [0.2, 0.25) is 0 Å². The van der Waals surface area contributed by atoms with Crippen molar-refractivity contribution in [3.63, 3.8) is 0 Å². The largest absolute Gasteiger partial charge is 0.239 e. The summed E-state index contributed by atoms with van der Waals surface area (Å²) in [6.07, 6.45) is 0. The van der Waals surface area contributed by atoms with Crippen LogP contribution in [0.5, 0.6) is 0 Å². The average Bonchev–Trinajstić information content (AvgIpc) is 3.34. The van der Waals surface area contributed by atoms with Crippen molar-refractivity contribution >= 4 is 0 Å². The van der Waals surface area contributed by atoms with E-state index in [0.29, 0.717) is 34.9 Å². The third-order valence-corrected chi connectivity index (χ3v) is 10.6. The van der Waals surface area contributed by atoms with Crippen molar-refractivity contribution in [2.75, 3.05) is 0 Å². The van der Waals surface area contributed by atoms with E-state index in [2.05, 4.69) is 71.7 Å². The molecule has 0 bridgehead atoms. The Morgan fingerprint density at radius 2 is 0.565 bits per heavy atom. The van der Waals surface area contributed by atoms with Crippen LogP contribution in [0.15, 0.2) is 194 Å². The smallest absolute Gasteiger partial charge is 0.164 e. The minimum atomic E-state index is 0.607. The molecule has 8 heteroatoms. The number of aromatic nitrogens is 8. The Balaban J connectivity index is 1.01. The van der Waals surface area contributed by atoms with E-state index >= 15 is 0 Å². The van der Waals surface area contributed by atoms with Crippen molar-refractivity contribution in [2.24, 2.45) is 0 Å². The molecule has 10 aromatic rings. The molecular weight excluding hydrogens is 761 g/mol. The number of aryl methyl sites for hydroxylation is 2. The number of hydrogen-bond donors (Lipinski definition) is 0. The molecule has 0 saturated heterocycles. The molecular formula is C54H38N8. The van der Waals surface area contributed by atoms with Crippen LogP contribution in [0.1, 0.15) is 11.5 Å². The van der Waals surface area contributed by atoms with Crippen molar-refractivity contribution in [3.8, 4) is 102 Å². The fourth-order valence-electron chi connectivity index (χ4n) is 7.53. The van der Waals surface area contributed by atoms with Gasteiger partial charge in [-0.15, -0.1) is 0 Å². The summed E-state index contributed by atoms with van der Waals surface area (Å²) in [5.41, 5.74) is 12.5. The lowest BCUT2D eigenvalue weighted by Crippen LogP contribution is -2.00. The van der Waals surface area contributed by atoms with Gasteiger partial charge in [-0.3, -0.25) is 0 Å². The molecule has 0 aliphatic heterocycles. The zero-order chi connectivity index (χ0) is 41.8. The van der Waals surface area contributed by atoms with Crippen molar-refractivity contribution < 1.29 is 0 Å². The number of hydrogen-bond acceptors (Lipinski definition) is 8. The molecule has 0 aliphatic rings. The van der Waals surface area contributed by atoms with Crippen LogP contribution >= 0.6 is 0 Å². The van der Waals surface area contributed by atoms with Gasteiger partial charge >= 0.3 is 0 Å². The zero-order valence-corrected chi connectivity index (χ0v) is 34.1. The summed E-state index contributed by atoms with van der Waals surface area (Å²) >= 11 is 0. The lowest BCUT2D eigenvalue weighted by atomic mass is 9.92. The third-order valence-electron chi connectivity index (χ3n) is 10.6. The van der Waals surface area contributed by atoms with Gasteiger partial charge in [0.2, 0.25) is 0 Å². The fraction of sp³-hybridized carbons (Fsp3) is 0.0370. The second-order valence-electron chi connectivity index (χ2n) is 14.9. The van der Waals surface area contributed by atoms with E-state index in [9.17, 15) is 0 Å². The molecule has 0 fully saturated rings. The van der Waals surface area contributed by atoms with E-state index in [0.717, 1.165) is 78.4 Å². The average molecular weight is 799 g/mol. The molecule has 7 aromatic carbocycles. The second-order valence-corrected chi connectivity index (χ2v) is 14.9. The van der Waals surface area contributed by atoms with Gasteiger partial charge in [0.05, 0.1) is 5.69 Å². The molecule has 294 valence electrons. The molecule has 62 heavy (non-hydrogen) atoms. The summed E-state index contributed by atoms with van der Waals surface area (Å²) in [5, 5.41) is 0. The number of rotatable bonds is 9. The molecule has 3 heterocycles. The Morgan fingerprint density at radius 3 is 0.935 bits per heavy atom. The highest BCUT2D eigenvalue weighted by atomic mass is 15.0. The van der Waals surface area contributed by atoms with Gasteiger partial charge in [-0.25, -0.2) is 39.9 Å². The molecule has 10 rings (SSSR count). The maximum absolute atomic E-state index is 4.94. The molecule has 0 aliphatic carbocycles. The van der Waals surface area contributed by atoms with Gasteiger partial charge in [0, 0.05) is 44.6 Å². The van der Waals surface area contributed by atoms with Crippen molar-refractivity contribution in [2.45, 2.75) is 13.8 Å². The lowest BCUT2D eigenvalue weighted by Gasteiger charge is -2.14. The first-order valence-corrected chi connectivity index (χ1v) is 20.4.